The van der Waals surface area contributed by atoms with Crippen molar-refractivity contribution in [3.63, 3.8) is 0 Å². The Balaban J connectivity index is 2.83. The largest absolute Gasteiger partial charge is 0.295 e. The molecule has 1 N–H and O–H groups in total. The normalized spacial score (nSPS) is 13.2. The molecule has 0 spiro atoms. The van der Waals surface area contributed by atoms with Gasteiger partial charge in [-0.25, -0.2) is 13.1 Å². The zero-order valence-corrected chi connectivity index (χ0v) is 13.0. The molecule has 0 aromatic heterocycles. The molecule has 4 nitrogen and oxygen atoms in total. The third-order valence-corrected chi connectivity index (χ3v) is 4.95. The van der Waals surface area contributed by atoms with E-state index in [1.807, 2.05) is 13.2 Å². The van der Waals surface area contributed by atoms with E-state index in [-0.39, 0.29) is 16.6 Å². The Morgan fingerprint density at radius 1 is 1.42 bits per heavy atom. The molecule has 0 heterocycles. The lowest BCUT2D eigenvalue weighted by Gasteiger charge is -2.12. The summed E-state index contributed by atoms with van der Waals surface area (Å²) in [6.45, 7) is 3.80. The minimum atomic E-state index is -3.54. The number of nitrogens with one attached hydrogen (secondary N) is 1. The number of sulfonamides is 1. The molecule has 0 saturated carbocycles. The van der Waals surface area contributed by atoms with Crippen molar-refractivity contribution in [2.75, 3.05) is 18.6 Å². The molecule has 1 atom stereocenters. The molecule has 1 rings (SSSR count). The monoisotopic (exact) mass is 301 g/mol. The van der Waals surface area contributed by atoms with Crippen LogP contribution in [0.1, 0.15) is 24.2 Å². The zero-order chi connectivity index (χ0) is 14.5. The van der Waals surface area contributed by atoms with Crippen molar-refractivity contribution < 1.29 is 13.2 Å². The van der Waals surface area contributed by atoms with Crippen molar-refractivity contribution in [3.05, 3.63) is 29.8 Å². The third kappa shape index (κ3) is 4.97. The van der Waals surface area contributed by atoms with Crippen LogP contribution in [0.15, 0.2) is 29.2 Å². The highest BCUT2D eigenvalue weighted by molar-refractivity contribution is 7.98. The quantitative estimate of drug-likeness (QED) is 0.784. The van der Waals surface area contributed by atoms with Crippen LogP contribution >= 0.6 is 11.8 Å². The van der Waals surface area contributed by atoms with Gasteiger partial charge in [0.05, 0.1) is 4.90 Å². The van der Waals surface area contributed by atoms with E-state index in [4.69, 9.17) is 0 Å². The van der Waals surface area contributed by atoms with Crippen LogP contribution in [-0.2, 0) is 10.0 Å². The average Bonchev–Trinajstić information content (AvgIpc) is 2.37. The van der Waals surface area contributed by atoms with Crippen LogP contribution in [0.5, 0.6) is 0 Å². The van der Waals surface area contributed by atoms with Gasteiger partial charge in [-0.15, -0.1) is 0 Å². The first-order valence-electron chi connectivity index (χ1n) is 5.96. The number of ketones is 1. The van der Waals surface area contributed by atoms with Gasteiger partial charge in [0.1, 0.15) is 0 Å². The van der Waals surface area contributed by atoms with Crippen LogP contribution in [0.2, 0.25) is 0 Å². The smallest absolute Gasteiger partial charge is 0.240 e. The fourth-order valence-corrected chi connectivity index (χ4v) is 3.46. The second kappa shape index (κ2) is 7.07. The number of benzene rings is 1. The molecule has 6 heteroatoms. The van der Waals surface area contributed by atoms with Crippen LogP contribution in [-0.4, -0.2) is 32.8 Å². The van der Waals surface area contributed by atoms with Gasteiger partial charge in [-0.05, 0) is 37.0 Å². The molecule has 1 aromatic rings. The SMILES string of the molecule is CSC[C@H](C)CNS(=O)(=O)c1cccc(C(C)=O)c1. The Bertz CT molecular complexity index is 541. The molecule has 0 radical (unpaired) electrons. The highest BCUT2D eigenvalue weighted by atomic mass is 32.2. The Morgan fingerprint density at radius 3 is 2.68 bits per heavy atom. The Kier molecular flexibility index (Phi) is 6.03. The molecule has 19 heavy (non-hydrogen) atoms. The van der Waals surface area contributed by atoms with Gasteiger partial charge in [-0.3, -0.25) is 4.79 Å². The summed E-state index contributed by atoms with van der Waals surface area (Å²) in [7, 11) is -3.54. The molecular weight excluding hydrogens is 282 g/mol. The van der Waals surface area contributed by atoms with Gasteiger partial charge in [0.25, 0.3) is 0 Å². The number of carbonyl (C=O) groups excluding carboxylic acids is 1. The number of hydrogen-bond acceptors (Lipinski definition) is 4. The van der Waals surface area contributed by atoms with Crippen LogP contribution in [0, 0.1) is 5.92 Å². The highest BCUT2D eigenvalue weighted by Crippen LogP contribution is 2.12. The fourth-order valence-electron chi connectivity index (χ4n) is 1.56. The van der Waals surface area contributed by atoms with Gasteiger partial charge in [0.15, 0.2) is 5.78 Å². The minimum Gasteiger partial charge on any atom is -0.295 e. The Morgan fingerprint density at radius 2 is 2.11 bits per heavy atom. The lowest BCUT2D eigenvalue weighted by Crippen LogP contribution is -2.29. The van der Waals surface area contributed by atoms with E-state index >= 15 is 0 Å². The zero-order valence-electron chi connectivity index (χ0n) is 11.3. The maximum atomic E-state index is 12.1. The molecule has 0 unspecified atom stereocenters. The van der Waals surface area contributed by atoms with E-state index in [0.29, 0.717) is 12.1 Å². The standard InChI is InChI=1S/C13H19NO3S2/c1-10(9-18-3)8-14-19(16,17)13-6-4-5-12(7-13)11(2)15/h4-7,10,14H,8-9H2,1-3H3/t10-/m1/s1. The first kappa shape index (κ1) is 16.2. The van der Waals surface area contributed by atoms with E-state index < -0.39 is 10.0 Å². The van der Waals surface area contributed by atoms with Gasteiger partial charge >= 0.3 is 0 Å². The predicted molar refractivity (Wildman–Crippen MR) is 79.2 cm³/mol. The molecular formula is C13H19NO3S2. The van der Waals surface area contributed by atoms with E-state index in [0.717, 1.165) is 5.75 Å². The molecule has 106 valence electrons. The van der Waals surface area contributed by atoms with Crippen molar-refractivity contribution in [2.24, 2.45) is 5.92 Å². The summed E-state index contributed by atoms with van der Waals surface area (Å²) < 4.78 is 26.7. The summed E-state index contributed by atoms with van der Waals surface area (Å²) in [4.78, 5) is 11.4. The summed E-state index contributed by atoms with van der Waals surface area (Å²) in [5.41, 5.74) is 0.403. The topological polar surface area (TPSA) is 63.2 Å². The van der Waals surface area contributed by atoms with E-state index in [2.05, 4.69) is 4.72 Å². The number of hydrogen-bond donors (Lipinski definition) is 1. The van der Waals surface area contributed by atoms with E-state index in [1.165, 1.54) is 19.1 Å². The second-order valence-electron chi connectivity index (χ2n) is 4.50. The second-order valence-corrected chi connectivity index (χ2v) is 7.17. The maximum Gasteiger partial charge on any atom is 0.240 e. The Hall–Kier alpha value is -0.850. The van der Waals surface area contributed by atoms with E-state index in [9.17, 15) is 13.2 Å². The van der Waals surface area contributed by atoms with Gasteiger partial charge < -0.3 is 0 Å². The van der Waals surface area contributed by atoms with Crippen molar-refractivity contribution in [1.29, 1.82) is 0 Å². The molecule has 0 fully saturated rings. The van der Waals surface area contributed by atoms with Crippen molar-refractivity contribution in [1.82, 2.24) is 4.72 Å². The summed E-state index contributed by atoms with van der Waals surface area (Å²) in [6.07, 6.45) is 1.99. The summed E-state index contributed by atoms with van der Waals surface area (Å²) >= 11 is 1.68. The van der Waals surface area contributed by atoms with Crippen LogP contribution < -0.4 is 4.72 Å². The molecule has 1 aromatic carbocycles. The van der Waals surface area contributed by atoms with Gasteiger partial charge in [-0.1, -0.05) is 19.1 Å². The maximum absolute atomic E-state index is 12.1. The number of carbonyl (C=O) groups is 1. The Labute approximate surface area is 119 Å². The highest BCUT2D eigenvalue weighted by Gasteiger charge is 2.16. The predicted octanol–water partition coefficient (Wildman–Crippen LogP) is 2.17. The summed E-state index contributed by atoms with van der Waals surface area (Å²) in [5.74, 6) is 1.02. The van der Waals surface area contributed by atoms with Gasteiger partial charge in [0, 0.05) is 12.1 Å². The van der Waals surface area contributed by atoms with Crippen LogP contribution in [0.4, 0.5) is 0 Å². The minimum absolute atomic E-state index is 0.136. The molecule has 0 bridgehead atoms. The van der Waals surface area contributed by atoms with Crippen LogP contribution in [0.3, 0.4) is 0 Å². The lowest BCUT2D eigenvalue weighted by molar-refractivity contribution is 0.101. The first-order valence-corrected chi connectivity index (χ1v) is 8.84. The third-order valence-electron chi connectivity index (χ3n) is 2.62. The van der Waals surface area contributed by atoms with Crippen molar-refractivity contribution in [2.45, 2.75) is 18.7 Å². The van der Waals surface area contributed by atoms with Gasteiger partial charge in [-0.2, -0.15) is 11.8 Å². The molecule has 0 aliphatic carbocycles. The molecule has 0 saturated heterocycles. The summed E-state index contributed by atoms with van der Waals surface area (Å²) in [5, 5.41) is 0. The van der Waals surface area contributed by atoms with Crippen molar-refractivity contribution in [3.8, 4) is 0 Å². The number of rotatable bonds is 7. The van der Waals surface area contributed by atoms with Crippen LogP contribution in [0.25, 0.3) is 0 Å². The number of thioether (sulfide) groups is 1. The fraction of sp³-hybridized carbons (Fsp3) is 0.462. The molecule has 0 aliphatic rings. The molecule has 0 aliphatic heterocycles. The number of Topliss-reactive ketones (excluding diaryl/α,β-unsaturated/α-hetero) is 1. The van der Waals surface area contributed by atoms with Gasteiger partial charge in [0.2, 0.25) is 10.0 Å². The lowest BCUT2D eigenvalue weighted by atomic mass is 10.2. The first-order chi connectivity index (χ1) is 8.86. The average molecular weight is 301 g/mol. The summed E-state index contributed by atoms with van der Waals surface area (Å²) in [6, 6.07) is 6.09. The van der Waals surface area contributed by atoms with E-state index in [1.54, 1.807) is 23.9 Å². The molecule has 0 amide bonds. The van der Waals surface area contributed by atoms with Crippen molar-refractivity contribution >= 4 is 27.6 Å².